The number of rotatable bonds is 2. The van der Waals surface area contributed by atoms with Crippen molar-refractivity contribution >= 4 is 6.29 Å². The van der Waals surface area contributed by atoms with Gasteiger partial charge in [0.1, 0.15) is 5.69 Å². The van der Waals surface area contributed by atoms with Gasteiger partial charge in [0, 0.05) is 6.20 Å². The Labute approximate surface area is 93.5 Å². The number of nitrogens with one attached hydrogen (secondary N) is 1. The standard InChI is InChI=1S/C10H6F3N3O/c11-10(12,13)7-2-1-3-14-8(7)9-15-4-6(5-17)16-9/h1-5H,(H,15,16). The Morgan fingerprint density at radius 2 is 2.06 bits per heavy atom. The number of H-pyrrole nitrogens is 1. The third-order valence-corrected chi connectivity index (χ3v) is 2.06. The number of aldehydes is 1. The number of pyridine rings is 1. The highest BCUT2D eigenvalue weighted by atomic mass is 19.4. The highest BCUT2D eigenvalue weighted by molar-refractivity contribution is 5.73. The van der Waals surface area contributed by atoms with Crippen LogP contribution in [0.3, 0.4) is 0 Å². The lowest BCUT2D eigenvalue weighted by Crippen LogP contribution is -2.08. The number of imidazole rings is 1. The van der Waals surface area contributed by atoms with Crippen LogP contribution in [0.2, 0.25) is 0 Å². The number of hydrogen-bond acceptors (Lipinski definition) is 3. The molecule has 0 aliphatic rings. The van der Waals surface area contributed by atoms with Crippen LogP contribution in [-0.4, -0.2) is 21.2 Å². The van der Waals surface area contributed by atoms with Crippen molar-refractivity contribution in [2.45, 2.75) is 6.18 Å². The lowest BCUT2D eigenvalue weighted by atomic mass is 10.2. The van der Waals surface area contributed by atoms with Crippen molar-refractivity contribution in [2.24, 2.45) is 0 Å². The number of carbonyl (C=O) groups is 1. The fourth-order valence-electron chi connectivity index (χ4n) is 1.34. The van der Waals surface area contributed by atoms with E-state index in [2.05, 4.69) is 15.0 Å². The van der Waals surface area contributed by atoms with E-state index in [0.717, 1.165) is 12.3 Å². The van der Waals surface area contributed by atoms with Gasteiger partial charge in [0.2, 0.25) is 0 Å². The Kier molecular flexibility index (Phi) is 2.66. The maximum atomic E-state index is 12.7. The van der Waals surface area contributed by atoms with E-state index in [9.17, 15) is 18.0 Å². The van der Waals surface area contributed by atoms with Crippen molar-refractivity contribution in [3.8, 4) is 11.5 Å². The molecule has 2 aromatic rings. The first-order valence-corrected chi connectivity index (χ1v) is 4.55. The van der Waals surface area contributed by atoms with E-state index in [1.165, 1.54) is 12.3 Å². The summed E-state index contributed by atoms with van der Waals surface area (Å²) in [5.41, 5.74) is -1.13. The van der Waals surface area contributed by atoms with Crippen LogP contribution in [0.1, 0.15) is 16.1 Å². The SMILES string of the molecule is O=Cc1cnc(-c2ncccc2C(F)(F)F)[nH]1. The van der Waals surface area contributed by atoms with Gasteiger partial charge in [0.25, 0.3) is 0 Å². The predicted molar refractivity (Wildman–Crippen MR) is 52.2 cm³/mol. The second kappa shape index (κ2) is 4.00. The Morgan fingerprint density at radius 3 is 2.65 bits per heavy atom. The summed E-state index contributed by atoms with van der Waals surface area (Å²) in [5, 5.41) is 0. The van der Waals surface area contributed by atoms with Gasteiger partial charge in [-0.2, -0.15) is 13.2 Å². The Hall–Kier alpha value is -2.18. The third-order valence-electron chi connectivity index (χ3n) is 2.06. The monoisotopic (exact) mass is 241 g/mol. The Bertz CT molecular complexity index is 548. The predicted octanol–water partition coefficient (Wildman–Crippen LogP) is 2.30. The molecule has 7 heteroatoms. The Morgan fingerprint density at radius 1 is 1.29 bits per heavy atom. The van der Waals surface area contributed by atoms with Crippen molar-refractivity contribution < 1.29 is 18.0 Å². The van der Waals surface area contributed by atoms with Crippen LogP contribution in [-0.2, 0) is 6.18 Å². The van der Waals surface area contributed by atoms with Gasteiger partial charge in [-0.25, -0.2) is 4.98 Å². The van der Waals surface area contributed by atoms with Crippen molar-refractivity contribution in [3.63, 3.8) is 0 Å². The average Bonchev–Trinajstić information content (AvgIpc) is 2.76. The number of carbonyl (C=O) groups excluding carboxylic acids is 1. The molecule has 17 heavy (non-hydrogen) atoms. The summed E-state index contributed by atoms with van der Waals surface area (Å²) in [7, 11) is 0. The highest BCUT2D eigenvalue weighted by Crippen LogP contribution is 2.34. The molecular formula is C10H6F3N3O. The summed E-state index contributed by atoms with van der Waals surface area (Å²) in [6.07, 6.45) is -1.67. The lowest BCUT2D eigenvalue weighted by molar-refractivity contribution is -0.137. The summed E-state index contributed by atoms with van der Waals surface area (Å²) < 4.78 is 38.0. The summed E-state index contributed by atoms with van der Waals surface area (Å²) in [5.74, 6) is -0.0833. The summed E-state index contributed by atoms with van der Waals surface area (Å²) >= 11 is 0. The topological polar surface area (TPSA) is 58.6 Å². The second-order valence-electron chi connectivity index (χ2n) is 3.20. The molecule has 0 fully saturated rings. The molecule has 2 aromatic heterocycles. The summed E-state index contributed by atoms with van der Waals surface area (Å²) in [6.45, 7) is 0. The van der Waals surface area contributed by atoms with Crippen LogP contribution in [0, 0.1) is 0 Å². The maximum Gasteiger partial charge on any atom is 0.418 e. The fraction of sp³-hybridized carbons (Fsp3) is 0.100. The fourth-order valence-corrected chi connectivity index (χ4v) is 1.34. The van der Waals surface area contributed by atoms with Crippen molar-refractivity contribution in [2.75, 3.05) is 0 Å². The van der Waals surface area contributed by atoms with E-state index >= 15 is 0 Å². The minimum absolute atomic E-state index is 0.0833. The molecule has 0 radical (unpaired) electrons. The number of aromatic nitrogens is 3. The molecule has 88 valence electrons. The van der Waals surface area contributed by atoms with E-state index in [0.29, 0.717) is 6.29 Å². The number of halogens is 3. The second-order valence-corrected chi connectivity index (χ2v) is 3.20. The molecule has 0 aliphatic carbocycles. The molecule has 0 amide bonds. The molecular weight excluding hydrogens is 235 g/mol. The van der Waals surface area contributed by atoms with Gasteiger partial charge in [-0.05, 0) is 12.1 Å². The van der Waals surface area contributed by atoms with E-state index < -0.39 is 11.7 Å². The maximum absolute atomic E-state index is 12.7. The largest absolute Gasteiger partial charge is 0.418 e. The zero-order chi connectivity index (χ0) is 12.5. The molecule has 0 unspecified atom stereocenters. The zero-order valence-electron chi connectivity index (χ0n) is 8.32. The molecule has 0 spiro atoms. The van der Waals surface area contributed by atoms with Gasteiger partial charge in [0.05, 0.1) is 17.5 Å². The van der Waals surface area contributed by atoms with Crippen molar-refractivity contribution in [1.82, 2.24) is 15.0 Å². The summed E-state index contributed by atoms with van der Waals surface area (Å²) in [6, 6.07) is 2.10. The molecule has 0 atom stereocenters. The van der Waals surface area contributed by atoms with Gasteiger partial charge in [0.15, 0.2) is 12.1 Å². The van der Waals surface area contributed by atoms with E-state index in [1.54, 1.807) is 0 Å². The van der Waals surface area contributed by atoms with Gasteiger partial charge in [-0.1, -0.05) is 0 Å². The zero-order valence-corrected chi connectivity index (χ0v) is 8.32. The average molecular weight is 241 g/mol. The third kappa shape index (κ3) is 2.17. The lowest BCUT2D eigenvalue weighted by Gasteiger charge is -2.09. The van der Waals surface area contributed by atoms with E-state index in [1.807, 2.05) is 0 Å². The molecule has 1 N–H and O–H groups in total. The number of nitrogens with zero attached hydrogens (tertiary/aromatic N) is 2. The van der Waals surface area contributed by atoms with Crippen LogP contribution in [0.4, 0.5) is 13.2 Å². The van der Waals surface area contributed by atoms with Gasteiger partial charge >= 0.3 is 6.18 Å². The molecule has 0 aliphatic heterocycles. The van der Waals surface area contributed by atoms with Crippen LogP contribution in [0.5, 0.6) is 0 Å². The first-order valence-electron chi connectivity index (χ1n) is 4.55. The molecule has 2 rings (SSSR count). The van der Waals surface area contributed by atoms with Gasteiger partial charge in [-0.15, -0.1) is 0 Å². The van der Waals surface area contributed by atoms with E-state index in [-0.39, 0.29) is 17.2 Å². The van der Waals surface area contributed by atoms with Crippen LogP contribution >= 0.6 is 0 Å². The van der Waals surface area contributed by atoms with Crippen LogP contribution < -0.4 is 0 Å². The first kappa shape index (κ1) is 11.3. The molecule has 0 aromatic carbocycles. The quantitative estimate of drug-likeness (QED) is 0.820. The molecule has 0 bridgehead atoms. The molecule has 0 saturated carbocycles. The molecule has 2 heterocycles. The smallest absolute Gasteiger partial charge is 0.334 e. The summed E-state index contributed by atoms with van der Waals surface area (Å²) in [4.78, 5) is 20.2. The number of hydrogen-bond donors (Lipinski definition) is 1. The number of alkyl halides is 3. The normalized spacial score (nSPS) is 11.5. The van der Waals surface area contributed by atoms with E-state index in [4.69, 9.17) is 0 Å². The van der Waals surface area contributed by atoms with Crippen LogP contribution in [0.15, 0.2) is 24.5 Å². The Balaban J connectivity index is 2.55. The van der Waals surface area contributed by atoms with Gasteiger partial charge in [-0.3, -0.25) is 9.78 Å². The molecule has 4 nitrogen and oxygen atoms in total. The highest BCUT2D eigenvalue weighted by Gasteiger charge is 2.34. The first-order chi connectivity index (χ1) is 8.02. The van der Waals surface area contributed by atoms with Crippen molar-refractivity contribution in [3.05, 3.63) is 35.8 Å². The minimum atomic E-state index is -4.52. The van der Waals surface area contributed by atoms with Crippen molar-refractivity contribution in [1.29, 1.82) is 0 Å². The minimum Gasteiger partial charge on any atom is -0.334 e. The van der Waals surface area contributed by atoms with Gasteiger partial charge < -0.3 is 4.98 Å². The number of aromatic amines is 1. The molecule has 0 saturated heterocycles. The van der Waals surface area contributed by atoms with Crippen LogP contribution in [0.25, 0.3) is 11.5 Å².